The van der Waals surface area contributed by atoms with Gasteiger partial charge in [-0.2, -0.15) is 11.8 Å². The van der Waals surface area contributed by atoms with Crippen molar-refractivity contribution < 1.29 is 4.74 Å². The normalized spacial score (nSPS) is 21.1. The smallest absolute Gasteiger partial charge is 0.157 e. The van der Waals surface area contributed by atoms with Gasteiger partial charge in [0.25, 0.3) is 0 Å². The van der Waals surface area contributed by atoms with Crippen molar-refractivity contribution in [1.29, 1.82) is 0 Å². The summed E-state index contributed by atoms with van der Waals surface area (Å²) in [4.78, 5) is 0. The fourth-order valence-electron chi connectivity index (χ4n) is 0.928. The molecule has 0 spiro atoms. The lowest BCUT2D eigenvalue weighted by molar-refractivity contribution is 0.267. The van der Waals surface area contributed by atoms with Crippen LogP contribution >= 0.6 is 11.8 Å². The molecule has 0 aromatic heterocycles. The van der Waals surface area contributed by atoms with Gasteiger partial charge in [0.05, 0.1) is 0 Å². The molecule has 1 fully saturated rings. The maximum absolute atomic E-state index is 4.65. The molecule has 2 nitrogen and oxygen atoms in total. The molecule has 0 aromatic rings. The molecule has 0 atom stereocenters. The quantitative estimate of drug-likeness (QED) is 0.605. The van der Waals surface area contributed by atoms with Crippen molar-refractivity contribution in [2.75, 3.05) is 18.2 Å². The minimum atomic E-state index is 0.639. The minimum Gasteiger partial charge on any atom is -0.479 e. The average molecular weight is 173 g/mol. The summed E-state index contributed by atoms with van der Waals surface area (Å²) in [5, 5.41) is 2.82. The van der Waals surface area contributed by atoms with Gasteiger partial charge in [0.1, 0.15) is 6.26 Å². The molecular weight excluding hydrogens is 158 g/mol. The predicted octanol–water partition coefficient (Wildman–Crippen LogP) is 1.94. The van der Waals surface area contributed by atoms with Crippen molar-refractivity contribution in [2.24, 2.45) is 0 Å². The van der Waals surface area contributed by atoms with Gasteiger partial charge in [0.2, 0.25) is 0 Å². The Morgan fingerprint density at radius 1 is 1.18 bits per heavy atom. The van der Waals surface area contributed by atoms with E-state index in [1.54, 1.807) is 12.5 Å². The molecule has 2 aliphatic heterocycles. The third kappa shape index (κ3) is 5.01. The van der Waals surface area contributed by atoms with Crippen molar-refractivity contribution >= 4 is 11.8 Å². The summed E-state index contributed by atoms with van der Waals surface area (Å²) in [6, 6.07) is 0. The second-order valence-corrected chi connectivity index (χ2v) is 3.72. The molecule has 0 saturated carbocycles. The van der Waals surface area contributed by atoms with Crippen LogP contribution in [0.3, 0.4) is 0 Å². The maximum atomic E-state index is 4.65. The van der Waals surface area contributed by atoms with Crippen LogP contribution < -0.4 is 5.32 Å². The molecule has 64 valence electrons. The zero-order valence-electron chi connectivity index (χ0n) is 6.71. The van der Waals surface area contributed by atoms with Gasteiger partial charge in [-0.05, 0) is 24.3 Å². The summed E-state index contributed by atoms with van der Waals surface area (Å²) in [6.45, 7) is 0.639. The van der Waals surface area contributed by atoms with Crippen LogP contribution in [0.5, 0.6) is 0 Å². The Morgan fingerprint density at radius 2 is 2.00 bits per heavy atom. The van der Waals surface area contributed by atoms with Gasteiger partial charge in [0.15, 0.2) is 6.73 Å². The van der Waals surface area contributed by atoms with Gasteiger partial charge in [-0.1, -0.05) is 6.42 Å². The third-order valence-corrected chi connectivity index (χ3v) is 2.68. The summed E-state index contributed by atoms with van der Waals surface area (Å²) in [5.74, 6) is 2.83. The lowest BCUT2D eigenvalue weighted by Crippen LogP contribution is -1.98. The molecule has 0 aromatic carbocycles. The highest BCUT2D eigenvalue weighted by Crippen LogP contribution is 2.14. The Morgan fingerprint density at radius 3 is 2.18 bits per heavy atom. The van der Waals surface area contributed by atoms with Gasteiger partial charge in [0, 0.05) is 6.20 Å². The van der Waals surface area contributed by atoms with E-state index in [1.165, 1.54) is 30.8 Å². The first-order valence-electron chi connectivity index (χ1n) is 4.08. The molecule has 2 heterocycles. The standard InChI is InChI=1S/C5H10S.C3H5NO/c1-2-4-6-5-3-1;1-2-5-3-4-1/h1-5H2;1-2,4H,3H2. The van der Waals surface area contributed by atoms with Crippen molar-refractivity contribution in [3.63, 3.8) is 0 Å². The Hall–Kier alpha value is -0.310. The molecular formula is C8H15NOS. The van der Waals surface area contributed by atoms with Crippen LogP contribution in [0.25, 0.3) is 0 Å². The van der Waals surface area contributed by atoms with E-state index in [-0.39, 0.29) is 0 Å². The lowest BCUT2D eigenvalue weighted by Gasteiger charge is -2.05. The second kappa shape index (κ2) is 6.40. The summed E-state index contributed by atoms with van der Waals surface area (Å²) in [6.07, 6.45) is 7.79. The number of hydrogen-bond acceptors (Lipinski definition) is 3. The summed E-state index contributed by atoms with van der Waals surface area (Å²) in [7, 11) is 0. The molecule has 0 aliphatic carbocycles. The first-order valence-corrected chi connectivity index (χ1v) is 5.23. The van der Waals surface area contributed by atoms with Crippen molar-refractivity contribution in [1.82, 2.24) is 5.32 Å². The van der Waals surface area contributed by atoms with Gasteiger partial charge in [-0.25, -0.2) is 0 Å². The van der Waals surface area contributed by atoms with E-state index < -0.39 is 0 Å². The van der Waals surface area contributed by atoms with E-state index in [2.05, 4.69) is 21.8 Å². The van der Waals surface area contributed by atoms with E-state index in [9.17, 15) is 0 Å². The molecule has 2 rings (SSSR count). The lowest BCUT2D eigenvalue weighted by atomic mass is 10.3. The summed E-state index contributed by atoms with van der Waals surface area (Å²) >= 11 is 2.09. The number of ether oxygens (including phenoxy) is 1. The van der Waals surface area contributed by atoms with Crippen LogP contribution in [0.4, 0.5) is 0 Å². The molecule has 0 bridgehead atoms. The molecule has 0 unspecified atom stereocenters. The van der Waals surface area contributed by atoms with Crippen molar-refractivity contribution in [3.8, 4) is 0 Å². The largest absolute Gasteiger partial charge is 0.479 e. The van der Waals surface area contributed by atoms with Crippen LogP contribution in [-0.2, 0) is 4.74 Å². The summed E-state index contributed by atoms with van der Waals surface area (Å²) < 4.78 is 4.65. The van der Waals surface area contributed by atoms with Crippen LogP contribution in [0.2, 0.25) is 0 Å². The Kier molecular flexibility index (Phi) is 5.11. The molecule has 2 aliphatic rings. The number of hydrogen-bond donors (Lipinski definition) is 1. The number of thioether (sulfide) groups is 1. The highest BCUT2D eigenvalue weighted by molar-refractivity contribution is 7.99. The van der Waals surface area contributed by atoms with Crippen molar-refractivity contribution in [3.05, 3.63) is 12.5 Å². The van der Waals surface area contributed by atoms with E-state index in [1.807, 2.05) is 0 Å². The zero-order chi connectivity index (χ0) is 7.78. The fourth-order valence-corrected chi connectivity index (χ4v) is 1.95. The Labute approximate surface area is 72.4 Å². The van der Waals surface area contributed by atoms with Crippen LogP contribution in [-0.4, -0.2) is 18.2 Å². The molecule has 3 heteroatoms. The monoisotopic (exact) mass is 173 g/mol. The molecule has 0 amide bonds. The second-order valence-electron chi connectivity index (χ2n) is 2.49. The minimum absolute atomic E-state index is 0.639. The molecule has 1 saturated heterocycles. The van der Waals surface area contributed by atoms with Gasteiger partial charge < -0.3 is 10.1 Å². The third-order valence-electron chi connectivity index (χ3n) is 1.53. The molecule has 0 radical (unpaired) electrons. The van der Waals surface area contributed by atoms with Crippen LogP contribution in [0.15, 0.2) is 12.5 Å². The highest BCUT2D eigenvalue weighted by atomic mass is 32.2. The van der Waals surface area contributed by atoms with Gasteiger partial charge >= 0.3 is 0 Å². The molecule has 11 heavy (non-hydrogen) atoms. The SMILES string of the molecule is C1=COCN1.C1CCSCC1. The number of rotatable bonds is 0. The van der Waals surface area contributed by atoms with Crippen LogP contribution in [0, 0.1) is 0 Å². The van der Waals surface area contributed by atoms with E-state index in [0.29, 0.717) is 6.73 Å². The first-order chi connectivity index (χ1) is 5.50. The van der Waals surface area contributed by atoms with Crippen molar-refractivity contribution in [2.45, 2.75) is 19.3 Å². The van der Waals surface area contributed by atoms with Crippen LogP contribution in [0.1, 0.15) is 19.3 Å². The molecule has 1 N–H and O–H groups in total. The van der Waals surface area contributed by atoms with E-state index >= 15 is 0 Å². The summed E-state index contributed by atoms with van der Waals surface area (Å²) in [5.41, 5.74) is 0. The van der Waals surface area contributed by atoms with Gasteiger partial charge in [-0.3, -0.25) is 0 Å². The van der Waals surface area contributed by atoms with E-state index in [0.717, 1.165) is 0 Å². The zero-order valence-corrected chi connectivity index (χ0v) is 7.53. The predicted molar refractivity (Wildman–Crippen MR) is 49.4 cm³/mol. The number of nitrogens with one attached hydrogen (secondary N) is 1. The fraction of sp³-hybridized carbons (Fsp3) is 0.750. The Balaban J connectivity index is 0.000000112. The first kappa shape index (κ1) is 8.78. The van der Waals surface area contributed by atoms with E-state index in [4.69, 9.17) is 0 Å². The highest BCUT2D eigenvalue weighted by Gasteiger charge is 1.95. The maximum Gasteiger partial charge on any atom is 0.157 e. The average Bonchev–Trinajstić information content (AvgIpc) is 2.64. The topological polar surface area (TPSA) is 21.3 Å². The Bertz CT molecular complexity index is 95.1. The van der Waals surface area contributed by atoms with Gasteiger partial charge in [-0.15, -0.1) is 0 Å².